The normalized spacial score (nSPS) is 23.9. The molecular weight excluding hydrogens is 212 g/mol. The van der Waals surface area contributed by atoms with Crippen LogP contribution < -0.4 is 0 Å². The fraction of sp³-hybridized carbons (Fsp3) is 0.267. The predicted octanol–water partition coefficient (Wildman–Crippen LogP) is 3.39. The standard InChI is InChI=1S/C15H14O2/c1-15(9-8-14(16)17-15)13-7-6-11-4-2-3-5-12(11)10-13/h2-7,10H,8-9H2,1H3/t15-/m0/s1. The predicted molar refractivity (Wildman–Crippen MR) is 66.6 cm³/mol. The first-order chi connectivity index (χ1) is 8.17. The van der Waals surface area contributed by atoms with Gasteiger partial charge in [-0.3, -0.25) is 4.79 Å². The van der Waals surface area contributed by atoms with Crippen LogP contribution in [0.3, 0.4) is 0 Å². The van der Waals surface area contributed by atoms with Gasteiger partial charge in [0.05, 0.1) is 0 Å². The maximum atomic E-state index is 11.3. The average molecular weight is 226 g/mol. The van der Waals surface area contributed by atoms with Crippen molar-refractivity contribution in [2.24, 2.45) is 0 Å². The molecule has 1 aliphatic rings. The second-order valence-corrected chi connectivity index (χ2v) is 4.77. The number of benzene rings is 2. The van der Waals surface area contributed by atoms with Gasteiger partial charge in [-0.15, -0.1) is 0 Å². The minimum atomic E-state index is -0.443. The second kappa shape index (κ2) is 3.59. The molecule has 0 amide bonds. The zero-order valence-corrected chi connectivity index (χ0v) is 9.77. The minimum Gasteiger partial charge on any atom is -0.454 e. The molecule has 0 radical (unpaired) electrons. The molecule has 0 bridgehead atoms. The monoisotopic (exact) mass is 226 g/mol. The highest BCUT2D eigenvalue weighted by Crippen LogP contribution is 2.37. The molecule has 2 nitrogen and oxygen atoms in total. The zero-order valence-electron chi connectivity index (χ0n) is 9.77. The van der Waals surface area contributed by atoms with Crippen LogP contribution in [0.5, 0.6) is 0 Å². The van der Waals surface area contributed by atoms with E-state index < -0.39 is 5.60 Å². The Morgan fingerprint density at radius 2 is 1.88 bits per heavy atom. The highest BCUT2D eigenvalue weighted by molar-refractivity contribution is 5.83. The smallest absolute Gasteiger partial charge is 0.306 e. The Labute approximate surface area is 100 Å². The van der Waals surface area contributed by atoms with E-state index in [9.17, 15) is 4.79 Å². The van der Waals surface area contributed by atoms with Crippen LogP contribution in [0.15, 0.2) is 42.5 Å². The first kappa shape index (κ1) is 10.3. The fourth-order valence-electron chi connectivity index (χ4n) is 2.42. The Morgan fingerprint density at radius 1 is 1.12 bits per heavy atom. The van der Waals surface area contributed by atoms with Crippen molar-refractivity contribution in [3.63, 3.8) is 0 Å². The van der Waals surface area contributed by atoms with Crippen LogP contribution in [-0.2, 0) is 15.1 Å². The van der Waals surface area contributed by atoms with Crippen molar-refractivity contribution in [2.45, 2.75) is 25.4 Å². The lowest BCUT2D eigenvalue weighted by Crippen LogP contribution is -2.20. The molecule has 0 unspecified atom stereocenters. The third kappa shape index (κ3) is 1.70. The molecule has 2 heteroatoms. The van der Waals surface area contributed by atoms with Gasteiger partial charge < -0.3 is 4.74 Å². The summed E-state index contributed by atoms with van der Waals surface area (Å²) in [7, 11) is 0. The van der Waals surface area contributed by atoms with Crippen LogP contribution in [0, 0.1) is 0 Å². The van der Waals surface area contributed by atoms with Gasteiger partial charge >= 0.3 is 5.97 Å². The minimum absolute atomic E-state index is 0.0966. The molecule has 17 heavy (non-hydrogen) atoms. The lowest BCUT2D eigenvalue weighted by molar-refractivity contribution is -0.147. The van der Waals surface area contributed by atoms with E-state index in [4.69, 9.17) is 4.74 Å². The SMILES string of the molecule is C[C@@]1(c2ccc3ccccc3c2)CCC(=O)O1. The molecule has 0 aromatic heterocycles. The van der Waals surface area contributed by atoms with Crippen LogP contribution in [0.25, 0.3) is 10.8 Å². The van der Waals surface area contributed by atoms with E-state index in [1.165, 1.54) is 10.8 Å². The van der Waals surface area contributed by atoms with Crippen molar-refractivity contribution in [3.05, 3.63) is 48.0 Å². The van der Waals surface area contributed by atoms with E-state index in [2.05, 4.69) is 30.3 Å². The van der Waals surface area contributed by atoms with Crippen molar-refractivity contribution in [3.8, 4) is 0 Å². The van der Waals surface area contributed by atoms with E-state index in [1.54, 1.807) is 0 Å². The molecule has 2 aromatic rings. The highest BCUT2D eigenvalue weighted by atomic mass is 16.6. The maximum Gasteiger partial charge on any atom is 0.306 e. The van der Waals surface area contributed by atoms with Gasteiger partial charge in [0.25, 0.3) is 0 Å². The summed E-state index contributed by atoms with van der Waals surface area (Å²) in [5.41, 5.74) is 0.642. The van der Waals surface area contributed by atoms with E-state index >= 15 is 0 Å². The molecule has 0 saturated carbocycles. The van der Waals surface area contributed by atoms with Gasteiger partial charge in [-0.25, -0.2) is 0 Å². The lowest BCUT2D eigenvalue weighted by atomic mass is 9.91. The summed E-state index contributed by atoms with van der Waals surface area (Å²) in [4.78, 5) is 11.3. The first-order valence-corrected chi connectivity index (χ1v) is 5.88. The van der Waals surface area contributed by atoms with Gasteiger partial charge in [-0.05, 0) is 29.3 Å². The van der Waals surface area contributed by atoms with Crippen LogP contribution >= 0.6 is 0 Å². The number of ether oxygens (including phenoxy) is 1. The van der Waals surface area contributed by atoms with E-state index in [0.717, 1.165) is 12.0 Å². The van der Waals surface area contributed by atoms with Crippen LogP contribution in [0.2, 0.25) is 0 Å². The molecule has 2 aromatic carbocycles. The highest BCUT2D eigenvalue weighted by Gasteiger charge is 2.37. The van der Waals surface area contributed by atoms with E-state index in [0.29, 0.717) is 6.42 Å². The molecule has 0 aliphatic carbocycles. The Kier molecular flexibility index (Phi) is 2.18. The summed E-state index contributed by atoms with van der Waals surface area (Å²) in [6.07, 6.45) is 1.29. The summed E-state index contributed by atoms with van der Waals surface area (Å²) in [6.45, 7) is 1.99. The first-order valence-electron chi connectivity index (χ1n) is 5.88. The molecule has 0 spiro atoms. The quantitative estimate of drug-likeness (QED) is 0.697. The van der Waals surface area contributed by atoms with Gasteiger partial charge in [0.2, 0.25) is 0 Å². The molecule has 1 aliphatic heterocycles. The topological polar surface area (TPSA) is 26.3 Å². The Balaban J connectivity index is 2.09. The van der Waals surface area contributed by atoms with Crippen LogP contribution in [0.1, 0.15) is 25.3 Å². The molecule has 86 valence electrons. The van der Waals surface area contributed by atoms with Gasteiger partial charge in [0, 0.05) is 12.8 Å². The Hall–Kier alpha value is -1.83. The van der Waals surface area contributed by atoms with Gasteiger partial charge in [-0.1, -0.05) is 36.4 Å². The third-order valence-electron chi connectivity index (χ3n) is 3.51. The number of rotatable bonds is 1. The molecule has 1 saturated heterocycles. The third-order valence-corrected chi connectivity index (χ3v) is 3.51. The molecule has 0 N–H and O–H groups in total. The zero-order chi connectivity index (χ0) is 11.9. The van der Waals surface area contributed by atoms with Crippen molar-refractivity contribution < 1.29 is 9.53 Å². The van der Waals surface area contributed by atoms with Crippen LogP contribution in [-0.4, -0.2) is 5.97 Å². The maximum absolute atomic E-state index is 11.3. The summed E-state index contributed by atoms with van der Waals surface area (Å²) in [6, 6.07) is 14.5. The Bertz CT molecular complexity index is 588. The summed E-state index contributed by atoms with van der Waals surface area (Å²) in [5, 5.41) is 2.40. The van der Waals surface area contributed by atoms with E-state index in [-0.39, 0.29) is 5.97 Å². The molecular formula is C15H14O2. The number of hydrogen-bond acceptors (Lipinski definition) is 2. The van der Waals surface area contributed by atoms with Gasteiger partial charge in [0.15, 0.2) is 0 Å². The van der Waals surface area contributed by atoms with E-state index in [1.807, 2.05) is 19.1 Å². The fourth-order valence-corrected chi connectivity index (χ4v) is 2.42. The van der Waals surface area contributed by atoms with Crippen molar-refractivity contribution in [1.29, 1.82) is 0 Å². The average Bonchev–Trinajstić information content (AvgIpc) is 2.70. The molecule has 1 fully saturated rings. The van der Waals surface area contributed by atoms with Gasteiger partial charge in [-0.2, -0.15) is 0 Å². The number of esters is 1. The Morgan fingerprint density at radius 3 is 2.59 bits per heavy atom. The number of carbonyl (C=O) groups is 1. The number of hydrogen-bond donors (Lipinski definition) is 0. The van der Waals surface area contributed by atoms with Gasteiger partial charge in [0.1, 0.15) is 5.60 Å². The van der Waals surface area contributed by atoms with Crippen molar-refractivity contribution >= 4 is 16.7 Å². The molecule has 3 rings (SSSR count). The lowest BCUT2D eigenvalue weighted by Gasteiger charge is -2.23. The van der Waals surface area contributed by atoms with Crippen molar-refractivity contribution in [2.75, 3.05) is 0 Å². The largest absolute Gasteiger partial charge is 0.454 e. The molecule has 1 atom stereocenters. The number of carbonyl (C=O) groups excluding carboxylic acids is 1. The summed E-state index contributed by atoms with van der Waals surface area (Å²) in [5.74, 6) is -0.0966. The molecule has 1 heterocycles. The number of cyclic esters (lactones) is 1. The second-order valence-electron chi connectivity index (χ2n) is 4.77. The van der Waals surface area contributed by atoms with Crippen molar-refractivity contribution in [1.82, 2.24) is 0 Å². The number of fused-ring (bicyclic) bond motifs is 1. The summed E-state index contributed by atoms with van der Waals surface area (Å²) < 4.78 is 5.44. The summed E-state index contributed by atoms with van der Waals surface area (Å²) >= 11 is 0. The van der Waals surface area contributed by atoms with Crippen LogP contribution in [0.4, 0.5) is 0 Å².